The molecule has 0 unspecified atom stereocenters. The first-order chi connectivity index (χ1) is 10.8. The van der Waals surface area contributed by atoms with Crippen molar-refractivity contribution in [2.24, 2.45) is 4.99 Å². The molecule has 1 aliphatic heterocycles. The molecule has 0 aromatic heterocycles. The van der Waals surface area contributed by atoms with Crippen molar-refractivity contribution in [3.8, 4) is 0 Å². The van der Waals surface area contributed by atoms with Crippen molar-refractivity contribution in [2.75, 3.05) is 24.2 Å². The van der Waals surface area contributed by atoms with Crippen LogP contribution in [0.4, 0.5) is 11.4 Å². The number of aliphatic imine (C=N–C) groups is 1. The number of rotatable bonds is 4. The van der Waals surface area contributed by atoms with Crippen molar-refractivity contribution < 1.29 is 0 Å². The number of nitrogens with zero attached hydrogens (tertiary/aromatic N) is 2. The highest BCUT2D eigenvalue weighted by atomic mass is 32.2. The molecular weight excluding hydrogens is 288 g/mol. The number of para-hydroxylation sites is 1. The minimum Gasteiger partial charge on any atom is -0.371 e. The lowest BCUT2D eigenvalue weighted by Crippen LogP contribution is -2.18. The Morgan fingerprint density at radius 3 is 2.59 bits per heavy atom. The second kappa shape index (κ2) is 7.01. The topological polar surface area (TPSA) is 15.6 Å². The van der Waals surface area contributed by atoms with Crippen molar-refractivity contribution in [1.29, 1.82) is 0 Å². The van der Waals surface area contributed by atoms with Gasteiger partial charge in [0.15, 0.2) is 0 Å². The van der Waals surface area contributed by atoms with Gasteiger partial charge in [0, 0.05) is 29.9 Å². The summed E-state index contributed by atoms with van der Waals surface area (Å²) in [5, 5.41) is 0. The Kier molecular flexibility index (Phi) is 4.84. The van der Waals surface area contributed by atoms with Crippen LogP contribution in [0.25, 0.3) is 0 Å². The van der Waals surface area contributed by atoms with E-state index in [-0.39, 0.29) is 0 Å². The lowest BCUT2D eigenvalue weighted by atomic mass is 10.1. The fourth-order valence-electron chi connectivity index (χ4n) is 2.95. The van der Waals surface area contributed by atoms with E-state index in [0.29, 0.717) is 0 Å². The van der Waals surface area contributed by atoms with Gasteiger partial charge in [-0.1, -0.05) is 18.2 Å². The van der Waals surface area contributed by atoms with Gasteiger partial charge >= 0.3 is 0 Å². The summed E-state index contributed by atoms with van der Waals surface area (Å²) in [6.45, 7) is 4.57. The molecule has 3 rings (SSSR count). The Hall–Kier alpha value is -1.74. The van der Waals surface area contributed by atoms with Crippen LogP contribution in [0.2, 0.25) is 0 Å². The van der Waals surface area contributed by atoms with E-state index in [4.69, 9.17) is 0 Å². The van der Waals surface area contributed by atoms with Gasteiger partial charge in [-0.3, -0.25) is 4.99 Å². The number of aryl methyl sites for hydroxylation is 1. The summed E-state index contributed by atoms with van der Waals surface area (Å²) in [4.78, 5) is 8.35. The molecule has 2 nitrogen and oxygen atoms in total. The van der Waals surface area contributed by atoms with Gasteiger partial charge in [-0.25, -0.2) is 0 Å². The van der Waals surface area contributed by atoms with E-state index in [1.54, 1.807) is 11.8 Å². The predicted molar refractivity (Wildman–Crippen MR) is 98.1 cm³/mol. The van der Waals surface area contributed by atoms with Gasteiger partial charge < -0.3 is 4.90 Å². The van der Waals surface area contributed by atoms with Crippen LogP contribution in [0.5, 0.6) is 0 Å². The van der Waals surface area contributed by atoms with E-state index < -0.39 is 0 Å². The van der Waals surface area contributed by atoms with E-state index >= 15 is 0 Å². The zero-order valence-electron chi connectivity index (χ0n) is 13.2. The van der Waals surface area contributed by atoms with Gasteiger partial charge in [-0.2, -0.15) is 0 Å². The predicted octanol–water partition coefficient (Wildman–Crippen LogP) is 5.07. The first-order valence-electron chi connectivity index (χ1n) is 7.80. The minimum atomic E-state index is 1.04. The molecule has 1 aliphatic rings. The van der Waals surface area contributed by atoms with Gasteiger partial charge in [0.2, 0.25) is 0 Å². The molecule has 2 aromatic carbocycles. The summed E-state index contributed by atoms with van der Waals surface area (Å²) in [7, 11) is 0. The highest BCUT2D eigenvalue weighted by Crippen LogP contribution is 2.28. The van der Waals surface area contributed by atoms with Crippen molar-refractivity contribution in [3.63, 3.8) is 0 Å². The van der Waals surface area contributed by atoms with Crippen LogP contribution in [0.3, 0.4) is 0 Å². The van der Waals surface area contributed by atoms with E-state index in [9.17, 15) is 0 Å². The fraction of sp³-hybridized carbons (Fsp3) is 0.316. The van der Waals surface area contributed by atoms with Crippen LogP contribution >= 0.6 is 11.8 Å². The third-order valence-electron chi connectivity index (χ3n) is 4.11. The zero-order valence-corrected chi connectivity index (χ0v) is 14.1. The molecule has 0 radical (unpaired) electrons. The summed E-state index contributed by atoms with van der Waals surface area (Å²) in [5.41, 5.74) is 4.91. The summed E-state index contributed by atoms with van der Waals surface area (Å²) < 4.78 is 0. The van der Waals surface area contributed by atoms with Crippen LogP contribution in [-0.4, -0.2) is 25.6 Å². The molecule has 1 heterocycles. The maximum absolute atomic E-state index is 4.66. The van der Waals surface area contributed by atoms with Crippen LogP contribution < -0.4 is 4.90 Å². The van der Waals surface area contributed by atoms with E-state index in [1.807, 2.05) is 12.3 Å². The largest absolute Gasteiger partial charge is 0.371 e. The number of benzene rings is 2. The van der Waals surface area contributed by atoms with Crippen molar-refractivity contribution >= 4 is 29.4 Å². The molecular formula is C19H22N2S. The number of anilines is 1. The first kappa shape index (κ1) is 15.2. The summed E-state index contributed by atoms with van der Waals surface area (Å²) in [5.74, 6) is 0. The molecule has 22 heavy (non-hydrogen) atoms. The number of hydrogen-bond acceptors (Lipinski definition) is 3. The Balaban J connectivity index is 1.80. The van der Waals surface area contributed by atoms with E-state index in [2.05, 4.69) is 59.5 Å². The monoisotopic (exact) mass is 310 g/mol. The molecule has 0 atom stereocenters. The van der Waals surface area contributed by atoms with Crippen molar-refractivity contribution in [2.45, 2.75) is 24.7 Å². The Morgan fingerprint density at radius 2 is 1.86 bits per heavy atom. The summed E-state index contributed by atoms with van der Waals surface area (Å²) in [6, 6.07) is 14.9. The van der Waals surface area contributed by atoms with Crippen molar-refractivity contribution in [1.82, 2.24) is 0 Å². The van der Waals surface area contributed by atoms with Gasteiger partial charge in [0.25, 0.3) is 0 Å². The van der Waals surface area contributed by atoms with Gasteiger partial charge in [-0.05, 0) is 61.4 Å². The average molecular weight is 310 g/mol. The third-order valence-corrected chi connectivity index (χ3v) is 4.89. The highest BCUT2D eigenvalue weighted by Gasteiger charge is 2.13. The Labute approximate surface area is 137 Å². The second-order valence-corrected chi connectivity index (χ2v) is 6.52. The molecule has 0 bridgehead atoms. The Morgan fingerprint density at radius 1 is 1.09 bits per heavy atom. The molecule has 0 saturated carbocycles. The van der Waals surface area contributed by atoms with Crippen LogP contribution in [0, 0.1) is 6.92 Å². The quantitative estimate of drug-likeness (QED) is 0.579. The minimum absolute atomic E-state index is 1.04. The number of hydrogen-bond donors (Lipinski definition) is 0. The van der Waals surface area contributed by atoms with Crippen LogP contribution in [-0.2, 0) is 0 Å². The van der Waals surface area contributed by atoms with Gasteiger partial charge in [0.1, 0.15) is 0 Å². The molecule has 3 heteroatoms. The summed E-state index contributed by atoms with van der Waals surface area (Å²) in [6.07, 6.45) is 6.68. The zero-order chi connectivity index (χ0) is 15.4. The van der Waals surface area contributed by atoms with Gasteiger partial charge in [-0.15, -0.1) is 11.8 Å². The Bertz CT molecular complexity index is 673. The maximum Gasteiger partial charge on any atom is 0.0765 e. The molecule has 0 aliphatic carbocycles. The molecule has 0 N–H and O–H groups in total. The van der Waals surface area contributed by atoms with Crippen molar-refractivity contribution in [3.05, 3.63) is 53.6 Å². The molecule has 1 fully saturated rings. The third kappa shape index (κ3) is 3.36. The smallest absolute Gasteiger partial charge is 0.0765 e. The summed E-state index contributed by atoms with van der Waals surface area (Å²) >= 11 is 1.73. The molecule has 0 spiro atoms. The number of thioether (sulfide) groups is 1. The molecule has 114 valence electrons. The van der Waals surface area contributed by atoms with Crippen LogP contribution in [0.15, 0.2) is 52.4 Å². The molecule has 1 saturated heterocycles. The molecule has 0 amide bonds. The lowest BCUT2D eigenvalue weighted by molar-refractivity contribution is 0.949. The first-order valence-corrected chi connectivity index (χ1v) is 9.03. The SMILES string of the molecule is CSc1ccccc1N=Cc1ccc(N2CCCC2)c(C)c1. The van der Waals surface area contributed by atoms with E-state index in [0.717, 1.165) is 11.3 Å². The van der Waals surface area contributed by atoms with Gasteiger partial charge in [0.05, 0.1) is 5.69 Å². The lowest BCUT2D eigenvalue weighted by Gasteiger charge is -2.20. The standard InChI is InChI=1S/C19H22N2S/c1-15-13-16(9-10-18(15)21-11-5-6-12-21)14-20-17-7-3-4-8-19(17)22-2/h3-4,7-10,13-14H,5-6,11-12H2,1-2H3. The average Bonchev–Trinajstić information content (AvgIpc) is 3.07. The normalized spacial score (nSPS) is 14.9. The van der Waals surface area contributed by atoms with Crippen LogP contribution in [0.1, 0.15) is 24.0 Å². The molecule has 2 aromatic rings. The highest BCUT2D eigenvalue weighted by molar-refractivity contribution is 7.98. The fourth-order valence-corrected chi connectivity index (χ4v) is 3.50. The van der Waals surface area contributed by atoms with E-state index in [1.165, 1.54) is 42.1 Å². The second-order valence-electron chi connectivity index (χ2n) is 5.67. The maximum atomic E-state index is 4.66.